The van der Waals surface area contributed by atoms with E-state index in [4.69, 9.17) is 5.73 Å². The Morgan fingerprint density at radius 3 is 2.61 bits per heavy atom. The number of nitrogens with two attached hydrogens (primary N) is 1. The Morgan fingerprint density at radius 2 is 2.00 bits per heavy atom. The second-order valence-electron chi connectivity index (χ2n) is 5.68. The first-order chi connectivity index (χ1) is 8.44. The fraction of sp³-hybridized carbons (Fsp3) is 0.500. The summed E-state index contributed by atoms with van der Waals surface area (Å²) in [6, 6.07) is 8.19. The van der Waals surface area contributed by atoms with Crippen LogP contribution in [0.1, 0.15) is 13.8 Å². The summed E-state index contributed by atoms with van der Waals surface area (Å²) < 4.78 is 2.13. The number of hydrogen-bond donors (Lipinski definition) is 1. The summed E-state index contributed by atoms with van der Waals surface area (Å²) in [5, 5.41) is 0. The van der Waals surface area contributed by atoms with E-state index < -0.39 is 0 Å². The lowest BCUT2D eigenvalue weighted by Crippen LogP contribution is -2.37. The van der Waals surface area contributed by atoms with Crippen molar-refractivity contribution in [3.63, 3.8) is 0 Å². The summed E-state index contributed by atoms with van der Waals surface area (Å²) in [4.78, 5) is 6.85. The molecular formula is C14H22N4. The molecule has 0 radical (unpaired) electrons. The maximum Gasteiger partial charge on any atom is 0.206 e. The molecule has 1 aromatic carbocycles. The van der Waals surface area contributed by atoms with E-state index in [0.717, 1.165) is 23.5 Å². The highest BCUT2D eigenvalue weighted by molar-refractivity contribution is 5.78. The first-order valence-electron chi connectivity index (χ1n) is 6.27. The zero-order valence-corrected chi connectivity index (χ0v) is 11.6. The van der Waals surface area contributed by atoms with Crippen LogP contribution in [-0.2, 0) is 7.05 Å². The van der Waals surface area contributed by atoms with Gasteiger partial charge in [0.2, 0.25) is 5.95 Å². The molecule has 18 heavy (non-hydrogen) atoms. The van der Waals surface area contributed by atoms with Crippen molar-refractivity contribution in [2.75, 3.05) is 25.0 Å². The Morgan fingerprint density at radius 1 is 1.33 bits per heavy atom. The van der Waals surface area contributed by atoms with Gasteiger partial charge in [-0.1, -0.05) is 26.0 Å². The molecule has 0 aliphatic heterocycles. The van der Waals surface area contributed by atoms with Gasteiger partial charge in [-0.15, -0.1) is 0 Å². The second-order valence-corrected chi connectivity index (χ2v) is 5.68. The number of hydrogen-bond acceptors (Lipinski definition) is 3. The van der Waals surface area contributed by atoms with Crippen LogP contribution >= 0.6 is 0 Å². The van der Waals surface area contributed by atoms with Crippen LogP contribution in [0.2, 0.25) is 0 Å². The molecule has 2 N–H and O–H groups in total. The number of nitrogens with zero attached hydrogens (tertiary/aromatic N) is 3. The molecule has 0 bridgehead atoms. The highest BCUT2D eigenvalue weighted by Crippen LogP contribution is 2.23. The molecule has 0 unspecified atom stereocenters. The number of benzene rings is 1. The van der Waals surface area contributed by atoms with Gasteiger partial charge in [0.25, 0.3) is 0 Å². The average molecular weight is 246 g/mol. The molecule has 0 spiro atoms. The molecule has 0 aliphatic carbocycles. The van der Waals surface area contributed by atoms with Gasteiger partial charge in [0.05, 0.1) is 11.0 Å². The fourth-order valence-electron chi connectivity index (χ4n) is 2.25. The molecule has 2 rings (SSSR count). The van der Waals surface area contributed by atoms with Gasteiger partial charge in [0, 0.05) is 20.6 Å². The van der Waals surface area contributed by atoms with E-state index in [1.54, 1.807) is 0 Å². The number of para-hydroxylation sites is 2. The number of aromatic nitrogens is 2. The summed E-state index contributed by atoms with van der Waals surface area (Å²) in [7, 11) is 4.12. The zero-order chi connectivity index (χ0) is 13.3. The number of anilines is 1. The Bertz CT molecular complexity index is 542. The maximum absolute atomic E-state index is 5.79. The first kappa shape index (κ1) is 12.9. The van der Waals surface area contributed by atoms with E-state index >= 15 is 0 Å². The SMILES string of the molecule is CN(CC(C)(C)CN)c1nc2ccccc2n1C. The molecule has 0 fully saturated rings. The van der Waals surface area contributed by atoms with E-state index in [9.17, 15) is 0 Å². The zero-order valence-electron chi connectivity index (χ0n) is 11.6. The van der Waals surface area contributed by atoms with Crippen LogP contribution in [0.15, 0.2) is 24.3 Å². The van der Waals surface area contributed by atoms with E-state index in [-0.39, 0.29) is 5.41 Å². The maximum atomic E-state index is 5.79. The quantitative estimate of drug-likeness (QED) is 0.897. The van der Waals surface area contributed by atoms with Crippen molar-refractivity contribution >= 4 is 17.0 Å². The largest absolute Gasteiger partial charge is 0.345 e. The van der Waals surface area contributed by atoms with Crippen molar-refractivity contribution in [1.82, 2.24) is 9.55 Å². The van der Waals surface area contributed by atoms with Gasteiger partial charge in [-0.25, -0.2) is 4.98 Å². The Hall–Kier alpha value is -1.55. The summed E-state index contributed by atoms with van der Waals surface area (Å²) >= 11 is 0. The van der Waals surface area contributed by atoms with Crippen molar-refractivity contribution in [2.24, 2.45) is 18.2 Å². The molecule has 2 aromatic rings. The third-order valence-electron chi connectivity index (χ3n) is 3.32. The fourth-order valence-corrected chi connectivity index (χ4v) is 2.25. The minimum atomic E-state index is 0.0902. The van der Waals surface area contributed by atoms with E-state index in [1.165, 1.54) is 0 Å². The predicted molar refractivity (Wildman–Crippen MR) is 76.8 cm³/mol. The van der Waals surface area contributed by atoms with Gasteiger partial charge in [0.15, 0.2) is 0 Å². The highest BCUT2D eigenvalue weighted by Gasteiger charge is 2.21. The van der Waals surface area contributed by atoms with Gasteiger partial charge in [-0.3, -0.25) is 0 Å². The van der Waals surface area contributed by atoms with Crippen molar-refractivity contribution in [1.29, 1.82) is 0 Å². The van der Waals surface area contributed by atoms with Gasteiger partial charge in [-0.05, 0) is 24.1 Å². The highest BCUT2D eigenvalue weighted by atomic mass is 15.3. The number of fused-ring (bicyclic) bond motifs is 1. The predicted octanol–water partition coefficient (Wildman–Crippen LogP) is 1.99. The molecule has 1 aromatic heterocycles. The lowest BCUT2D eigenvalue weighted by Gasteiger charge is -2.29. The second kappa shape index (κ2) is 4.61. The van der Waals surface area contributed by atoms with E-state index in [1.807, 2.05) is 18.2 Å². The van der Waals surface area contributed by atoms with Crippen molar-refractivity contribution in [3.05, 3.63) is 24.3 Å². The summed E-state index contributed by atoms with van der Waals surface area (Å²) in [5.41, 5.74) is 8.07. The molecule has 98 valence electrons. The average Bonchev–Trinajstić information content (AvgIpc) is 2.67. The molecular weight excluding hydrogens is 224 g/mol. The Balaban J connectivity index is 2.33. The van der Waals surface area contributed by atoms with Crippen LogP contribution in [0.4, 0.5) is 5.95 Å². The third kappa shape index (κ3) is 2.34. The number of aryl methyl sites for hydroxylation is 1. The molecule has 0 atom stereocenters. The van der Waals surface area contributed by atoms with E-state index in [2.05, 4.69) is 48.5 Å². The third-order valence-corrected chi connectivity index (χ3v) is 3.32. The molecule has 4 heteroatoms. The molecule has 1 heterocycles. The van der Waals surface area contributed by atoms with Crippen LogP contribution < -0.4 is 10.6 Å². The lowest BCUT2D eigenvalue weighted by atomic mass is 9.93. The van der Waals surface area contributed by atoms with Crippen LogP contribution in [0.3, 0.4) is 0 Å². The lowest BCUT2D eigenvalue weighted by molar-refractivity contribution is 0.382. The van der Waals surface area contributed by atoms with Crippen molar-refractivity contribution in [3.8, 4) is 0 Å². The van der Waals surface area contributed by atoms with Crippen LogP contribution in [-0.4, -0.2) is 29.7 Å². The van der Waals surface area contributed by atoms with Crippen LogP contribution in [0.5, 0.6) is 0 Å². The van der Waals surface area contributed by atoms with E-state index in [0.29, 0.717) is 6.54 Å². The number of imidazole rings is 1. The topological polar surface area (TPSA) is 47.1 Å². The number of rotatable bonds is 4. The van der Waals surface area contributed by atoms with Crippen LogP contribution in [0, 0.1) is 5.41 Å². The molecule has 0 saturated carbocycles. The summed E-state index contributed by atoms with van der Waals surface area (Å²) in [6.45, 7) is 5.90. The summed E-state index contributed by atoms with van der Waals surface area (Å²) in [6.07, 6.45) is 0. The van der Waals surface area contributed by atoms with Gasteiger partial charge in [0.1, 0.15) is 0 Å². The van der Waals surface area contributed by atoms with Crippen molar-refractivity contribution < 1.29 is 0 Å². The minimum absolute atomic E-state index is 0.0902. The molecule has 0 amide bonds. The van der Waals surface area contributed by atoms with Gasteiger partial charge < -0.3 is 15.2 Å². The molecule has 0 aliphatic rings. The first-order valence-corrected chi connectivity index (χ1v) is 6.27. The van der Waals surface area contributed by atoms with Gasteiger partial charge in [-0.2, -0.15) is 0 Å². The minimum Gasteiger partial charge on any atom is -0.345 e. The standard InChI is InChI=1S/C14H22N4/c1-14(2,9-15)10-17(3)13-16-11-7-5-6-8-12(11)18(13)4/h5-8H,9-10,15H2,1-4H3. The Labute approximate surface area is 108 Å². The Kier molecular flexibility index (Phi) is 3.30. The molecule has 0 saturated heterocycles. The summed E-state index contributed by atoms with van der Waals surface area (Å²) in [5.74, 6) is 0.984. The molecule has 4 nitrogen and oxygen atoms in total. The normalized spacial score (nSPS) is 12.1. The smallest absolute Gasteiger partial charge is 0.206 e. The van der Waals surface area contributed by atoms with Gasteiger partial charge >= 0.3 is 0 Å². The van der Waals surface area contributed by atoms with Crippen molar-refractivity contribution in [2.45, 2.75) is 13.8 Å². The van der Waals surface area contributed by atoms with Crippen LogP contribution in [0.25, 0.3) is 11.0 Å². The monoisotopic (exact) mass is 246 g/mol.